The fraction of sp³-hybridized carbons (Fsp3) is 0.448. The Morgan fingerprint density at radius 3 is 2.02 bits per heavy atom. The summed E-state index contributed by atoms with van der Waals surface area (Å²) in [5.74, 6) is 0.726. The number of benzene rings is 2. The topological polar surface area (TPSA) is 42.4 Å². The minimum Gasteiger partial charge on any atom is -0.450 e. The van der Waals surface area contributed by atoms with E-state index in [9.17, 15) is 31.1 Å². The van der Waals surface area contributed by atoms with Crippen LogP contribution in [0.1, 0.15) is 69.2 Å². The summed E-state index contributed by atoms with van der Waals surface area (Å²) >= 11 is 1.49. The molecule has 0 atom stereocenters. The monoisotopic (exact) mass is 586 g/mol. The number of rotatable bonds is 10. The molecule has 0 N–H and O–H groups in total. The van der Waals surface area contributed by atoms with Crippen LogP contribution in [0.4, 0.5) is 31.1 Å². The van der Waals surface area contributed by atoms with Crippen LogP contribution in [0.2, 0.25) is 0 Å². The van der Waals surface area contributed by atoms with Crippen LogP contribution in [0.15, 0.2) is 53.6 Å². The summed E-state index contributed by atoms with van der Waals surface area (Å²) < 4.78 is 87.0. The van der Waals surface area contributed by atoms with Crippen molar-refractivity contribution in [2.24, 2.45) is 0 Å². The Balaban J connectivity index is 2.28. The summed E-state index contributed by atoms with van der Waals surface area (Å²) in [6.45, 7) is 6.69. The molecule has 0 saturated heterocycles. The van der Waals surface area contributed by atoms with Crippen LogP contribution < -0.4 is 0 Å². The number of aromatic nitrogens is 1. The molecule has 4 nitrogen and oxygen atoms in total. The Hall–Kier alpha value is -2.95. The van der Waals surface area contributed by atoms with Gasteiger partial charge in [0.1, 0.15) is 5.03 Å². The van der Waals surface area contributed by atoms with Crippen molar-refractivity contribution < 1.29 is 35.9 Å². The van der Waals surface area contributed by atoms with E-state index >= 15 is 0 Å². The van der Waals surface area contributed by atoms with E-state index in [-0.39, 0.29) is 18.2 Å². The number of fused-ring (bicyclic) bond motifs is 1. The number of thioether (sulfide) groups is 1. The van der Waals surface area contributed by atoms with Gasteiger partial charge in [-0.3, -0.25) is 4.90 Å². The van der Waals surface area contributed by atoms with Gasteiger partial charge in [-0.2, -0.15) is 26.3 Å². The van der Waals surface area contributed by atoms with E-state index < -0.39 is 41.7 Å². The highest BCUT2D eigenvalue weighted by molar-refractivity contribution is 7.99. The lowest BCUT2D eigenvalue weighted by Crippen LogP contribution is -2.49. The average molecular weight is 587 g/mol. The zero-order chi connectivity index (χ0) is 29.7. The molecule has 3 aromatic rings. The number of pyridine rings is 1. The van der Waals surface area contributed by atoms with Gasteiger partial charge in [-0.1, -0.05) is 39.0 Å². The van der Waals surface area contributed by atoms with Crippen LogP contribution in [0.3, 0.4) is 0 Å². The predicted octanol–water partition coefficient (Wildman–Crippen LogP) is 9.45. The van der Waals surface area contributed by atoms with Crippen LogP contribution in [0, 0.1) is 0 Å². The van der Waals surface area contributed by atoms with Gasteiger partial charge in [0, 0.05) is 17.5 Å². The second-order valence-corrected chi connectivity index (χ2v) is 10.4. The first-order valence-electron chi connectivity index (χ1n) is 13.1. The van der Waals surface area contributed by atoms with Gasteiger partial charge in [0.2, 0.25) is 0 Å². The number of para-hydroxylation sites is 1. The summed E-state index contributed by atoms with van der Waals surface area (Å²) in [6.07, 6.45) is -9.39. The van der Waals surface area contributed by atoms with E-state index in [2.05, 4.69) is 0 Å². The molecule has 3 rings (SSSR count). The van der Waals surface area contributed by atoms with Crippen LogP contribution in [-0.2, 0) is 29.2 Å². The van der Waals surface area contributed by atoms with Gasteiger partial charge in [-0.05, 0) is 67.8 Å². The number of alkyl halides is 6. The fourth-order valence-corrected chi connectivity index (χ4v) is 5.75. The molecular weight excluding hydrogens is 554 g/mol. The highest BCUT2D eigenvalue weighted by Gasteiger charge is 2.43. The van der Waals surface area contributed by atoms with Gasteiger partial charge < -0.3 is 4.74 Å². The van der Waals surface area contributed by atoms with Crippen LogP contribution in [-0.4, -0.2) is 28.3 Å². The Kier molecular flexibility index (Phi) is 10.0. The number of carbonyl (C=O) groups excluding carboxylic acids is 1. The summed E-state index contributed by atoms with van der Waals surface area (Å²) in [6, 6.07) is 10.7. The molecule has 0 aliphatic rings. The molecule has 0 fully saturated rings. The zero-order valence-electron chi connectivity index (χ0n) is 22.7. The normalized spacial score (nSPS) is 12.6. The molecule has 1 heterocycles. The summed E-state index contributed by atoms with van der Waals surface area (Å²) in [4.78, 5) is 19.6. The Morgan fingerprint density at radius 2 is 1.50 bits per heavy atom. The van der Waals surface area contributed by atoms with Gasteiger partial charge >= 0.3 is 18.4 Å². The first kappa shape index (κ1) is 31.6. The first-order chi connectivity index (χ1) is 18.8. The average Bonchev–Trinajstić information content (AvgIpc) is 2.91. The summed E-state index contributed by atoms with van der Waals surface area (Å²) in [7, 11) is 0. The molecular formula is C29H32F6N2O2S. The molecule has 0 aliphatic heterocycles. The largest absolute Gasteiger partial charge is 0.450 e. The van der Waals surface area contributed by atoms with Crippen molar-refractivity contribution in [2.75, 3.05) is 12.4 Å². The second-order valence-electron chi connectivity index (χ2n) is 9.32. The van der Waals surface area contributed by atoms with E-state index in [0.717, 1.165) is 23.1 Å². The molecule has 40 heavy (non-hydrogen) atoms. The summed E-state index contributed by atoms with van der Waals surface area (Å²) in [5, 5.41) is 1.45. The fourth-order valence-electron chi connectivity index (χ4n) is 4.78. The Bertz CT molecular complexity index is 1290. The minimum absolute atomic E-state index is 0.0252. The number of hydrogen-bond acceptors (Lipinski definition) is 4. The van der Waals surface area contributed by atoms with Crippen LogP contribution in [0.25, 0.3) is 10.9 Å². The van der Waals surface area contributed by atoms with E-state index in [4.69, 9.17) is 9.72 Å². The lowest BCUT2D eigenvalue weighted by atomic mass is 9.82. The quantitative estimate of drug-likeness (QED) is 0.175. The molecule has 0 bridgehead atoms. The molecule has 11 heteroatoms. The van der Waals surface area contributed by atoms with Crippen molar-refractivity contribution in [2.45, 2.75) is 76.4 Å². The maximum absolute atomic E-state index is 13.6. The Morgan fingerprint density at radius 1 is 0.900 bits per heavy atom. The molecule has 1 amide bonds. The van der Waals surface area contributed by atoms with Crippen molar-refractivity contribution in [3.8, 4) is 0 Å². The lowest BCUT2D eigenvalue weighted by molar-refractivity contribution is -0.143. The van der Waals surface area contributed by atoms with E-state index in [0.29, 0.717) is 35.6 Å². The van der Waals surface area contributed by atoms with Gasteiger partial charge in [0.05, 0.1) is 28.8 Å². The zero-order valence-corrected chi connectivity index (χ0v) is 23.6. The summed E-state index contributed by atoms with van der Waals surface area (Å²) in [5.41, 5.74) is -2.91. The highest BCUT2D eigenvalue weighted by atomic mass is 32.2. The lowest BCUT2D eigenvalue weighted by Gasteiger charge is -2.43. The third-order valence-electron chi connectivity index (χ3n) is 6.80. The number of ether oxygens (including phenoxy) is 1. The number of amides is 1. The van der Waals surface area contributed by atoms with Gasteiger partial charge in [0.15, 0.2) is 0 Å². The third kappa shape index (κ3) is 6.85. The van der Waals surface area contributed by atoms with Crippen molar-refractivity contribution in [1.82, 2.24) is 9.88 Å². The molecule has 218 valence electrons. The molecule has 0 aliphatic carbocycles. The van der Waals surface area contributed by atoms with Crippen molar-refractivity contribution in [1.29, 1.82) is 0 Å². The molecule has 0 spiro atoms. The SMILES string of the molecule is CCCSc1nc2ccccc2cc1C(CC)(CC)N(Cc1cc(C(F)(F)F)cc(C(F)(F)F)c1)C(=O)OCC. The van der Waals surface area contributed by atoms with Gasteiger partial charge in [-0.25, -0.2) is 9.78 Å². The molecule has 2 aromatic carbocycles. The van der Waals surface area contributed by atoms with E-state index in [1.807, 2.05) is 51.1 Å². The van der Waals surface area contributed by atoms with Gasteiger partial charge in [-0.15, -0.1) is 11.8 Å². The highest BCUT2D eigenvalue weighted by Crippen LogP contribution is 2.44. The molecule has 0 unspecified atom stereocenters. The maximum atomic E-state index is 13.6. The van der Waals surface area contributed by atoms with Crippen molar-refractivity contribution >= 4 is 28.8 Å². The second kappa shape index (κ2) is 12.7. The number of carbonyl (C=O) groups is 1. The number of hydrogen-bond donors (Lipinski definition) is 0. The number of halogens is 6. The van der Waals surface area contributed by atoms with E-state index in [1.54, 1.807) is 6.92 Å². The molecule has 0 saturated carbocycles. The standard InChI is InChI=1S/C29H32F6N2O2S/c1-5-13-40-25-23(16-20-11-9-10-12-24(20)36-25)27(6-2,7-3)37(26(38)39-8-4)18-19-14-21(28(30,31)32)17-22(15-19)29(33,34)35/h9-12,14-17H,5-8,13,18H2,1-4H3. The predicted molar refractivity (Wildman–Crippen MR) is 144 cm³/mol. The smallest absolute Gasteiger partial charge is 0.416 e. The molecule has 1 aromatic heterocycles. The van der Waals surface area contributed by atoms with Crippen molar-refractivity contribution in [3.05, 3.63) is 70.8 Å². The first-order valence-corrected chi connectivity index (χ1v) is 14.0. The van der Waals surface area contributed by atoms with Crippen molar-refractivity contribution in [3.63, 3.8) is 0 Å². The Labute approximate surface area is 234 Å². The third-order valence-corrected chi connectivity index (χ3v) is 7.99. The minimum atomic E-state index is -5.01. The van der Waals surface area contributed by atoms with Gasteiger partial charge in [0.25, 0.3) is 0 Å². The van der Waals surface area contributed by atoms with Crippen LogP contribution >= 0.6 is 11.8 Å². The number of nitrogens with zero attached hydrogens (tertiary/aromatic N) is 2. The maximum Gasteiger partial charge on any atom is 0.416 e. The van der Waals surface area contributed by atoms with E-state index in [1.165, 1.54) is 16.7 Å². The molecule has 0 radical (unpaired) electrons. The van der Waals surface area contributed by atoms with Crippen LogP contribution in [0.5, 0.6) is 0 Å².